The van der Waals surface area contributed by atoms with E-state index in [2.05, 4.69) is 29.2 Å². The number of nitrogens with zero attached hydrogens (tertiary/aromatic N) is 3. The van der Waals surface area contributed by atoms with Crippen molar-refractivity contribution in [2.24, 2.45) is 0 Å². The number of hydrogen-bond acceptors (Lipinski definition) is 3. The van der Waals surface area contributed by atoms with Crippen LogP contribution in [0.15, 0.2) is 24.5 Å². The molecule has 2 aromatic heterocycles. The zero-order chi connectivity index (χ0) is 12.3. The first-order chi connectivity index (χ1) is 8.17. The largest absolute Gasteiger partial charge is 0.365 e. The topological polar surface area (TPSA) is 42.2 Å². The van der Waals surface area contributed by atoms with E-state index in [0.29, 0.717) is 5.88 Å². The molecule has 0 saturated carbocycles. The van der Waals surface area contributed by atoms with Gasteiger partial charge in [-0.2, -0.15) is 5.10 Å². The van der Waals surface area contributed by atoms with Gasteiger partial charge in [-0.1, -0.05) is 6.92 Å². The van der Waals surface area contributed by atoms with E-state index in [0.717, 1.165) is 24.3 Å². The molecule has 5 heteroatoms. The van der Waals surface area contributed by atoms with Gasteiger partial charge in [-0.05, 0) is 25.8 Å². The maximum absolute atomic E-state index is 5.83. The van der Waals surface area contributed by atoms with Gasteiger partial charge in [0.25, 0.3) is 0 Å². The highest BCUT2D eigenvalue weighted by molar-refractivity contribution is 6.17. The van der Waals surface area contributed by atoms with Crippen molar-refractivity contribution < 1.29 is 0 Å². The molecule has 0 spiro atoms. The molecule has 92 valence electrons. The summed E-state index contributed by atoms with van der Waals surface area (Å²) in [5.74, 6) is 1.51. The average Bonchev–Trinajstić information content (AvgIpc) is 2.76. The molecule has 0 aromatic carbocycles. The van der Waals surface area contributed by atoms with Crippen LogP contribution in [0, 0.1) is 0 Å². The van der Waals surface area contributed by atoms with Gasteiger partial charge < -0.3 is 5.32 Å². The molecule has 2 aromatic rings. The van der Waals surface area contributed by atoms with Crippen molar-refractivity contribution in [3.05, 3.63) is 24.5 Å². The number of hydrogen-bond donors (Lipinski definition) is 1. The Morgan fingerprint density at radius 2 is 2.29 bits per heavy atom. The molecular formula is C12H17ClN4. The summed E-state index contributed by atoms with van der Waals surface area (Å²) < 4.78 is 1.75. The standard InChI is InChI=1S/C12H17ClN4/c1-3-12(2,6-7-13)16-10-5-9-17-11(15-10)4-8-14-17/h4-5,8-9H,3,6-7H2,1-2H3,(H,15,16). The lowest BCUT2D eigenvalue weighted by atomic mass is 9.95. The number of fused-ring (bicyclic) bond motifs is 1. The van der Waals surface area contributed by atoms with E-state index >= 15 is 0 Å². The maximum atomic E-state index is 5.83. The molecule has 4 nitrogen and oxygen atoms in total. The van der Waals surface area contributed by atoms with Gasteiger partial charge in [0.05, 0.1) is 6.20 Å². The van der Waals surface area contributed by atoms with Gasteiger partial charge in [0.15, 0.2) is 5.65 Å². The monoisotopic (exact) mass is 252 g/mol. The summed E-state index contributed by atoms with van der Waals surface area (Å²) in [5, 5.41) is 7.57. The van der Waals surface area contributed by atoms with Crippen LogP contribution in [0.4, 0.5) is 5.82 Å². The SMILES string of the molecule is CCC(C)(CCCl)Nc1ccn2nccc2n1. The fourth-order valence-corrected chi connectivity index (χ4v) is 2.14. The first-order valence-corrected chi connectivity index (χ1v) is 6.35. The Morgan fingerprint density at radius 1 is 1.47 bits per heavy atom. The van der Waals surface area contributed by atoms with E-state index < -0.39 is 0 Å². The molecule has 0 radical (unpaired) electrons. The van der Waals surface area contributed by atoms with Gasteiger partial charge >= 0.3 is 0 Å². The first-order valence-electron chi connectivity index (χ1n) is 5.81. The molecule has 0 amide bonds. The lowest BCUT2D eigenvalue weighted by Gasteiger charge is -2.29. The number of alkyl halides is 1. The molecular weight excluding hydrogens is 236 g/mol. The van der Waals surface area contributed by atoms with Crippen LogP contribution in [-0.2, 0) is 0 Å². The van der Waals surface area contributed by atoms with Crippen LogP contribution in [-0.4, -0.2) is 26.0 Å². The zero-order valence-corrected chi connectivity index (χ0v) is 10.9. The van der Waals surface area contributed by atoms with Crippen LogP contribution in [0.3, 0.4) is 0 Å². The minimum absolute atomic E-state index is 0.00683. The number of halogens is 1. The van der Waals surface area contributed by atoms with Crippen LogP contribution in [0.5, 0.6) is 0 Å². The van der Waals surface area contributed by atoms with Crippen LogP contribution in [0.2, 0.25) is 0 Å². The molecule has 1 unspecified atom stereocenters. The highest BCUT2D eigenvalue weighted by atomic mass is 35.5. The molecule has 1 N–H and O–H groups in total. The van der Waals surface area contributed by atoms with Crippen molar-refractivity contribution in [2.75, 3.05) is 11.2 Å². The quantitative estimate of drug-likeness (QED) is 0.832. The Bertz CT molecular complexity index is 496. The lowest BCUT2D eigenvalue weighted by molar-refractivity contribution is 0.479. The Kier molecular flexibility index (Phi) is 3.52. The Labute approximate surface area is 106 Å². The molecule has 0 aliphatic rings. The summed E-state index contributed by atoms with van der Waals surface area (Å²) in [7, 11) is 0. The molecule has 1 atom stereocenters. The molecule has 2 heterocycles. The summed E-state index contributed by atoms with van der Waals surface area (Å²) in [6.45, 7) is 4.31. The summed E-state index contributed by atoms with van der Waals surface area (Å²) in [4.78, 5) is 4.50. The number of aromatic nitrogens is 3. The summed E-state index contributed by atoms with van der Waals surface area (Å²) in [5.41, 5.74) is 0.840. The molecule has 17 heavy (non-hydrogen) atoms. The second-order valence-corrected chi connectivity index (χ2v) is 4.80. The zero-order valence-electron chi connectivity index (χ0n) is 10.2. The highest BCUT2D eigenvalue weighted by Gasteiger charge is 2.21. The van der Waals surface area contributed by atoms with E-state index in [9.17, 15) is 0 Å². The summed E-state index contributed by atoms with van der Waals surface area (Å²) >= 11 is 5.83. The second kappa shape index (κ2) is 4.92. The normalized spacial score (nSPS) is 14.8. The third-order valence-corrected chi connectivity index (χ3v) is 3.30. The van der Waals surface area contributed by atoms with E-state index in [1.165, 1.54) is 0 Å². The molecule has 0 saturated heterocycles. The van der Waals surface area contributed by atoms with Crippen LogP contribution in [0.1, 0.15) is 26.7 Å². The molecule has 0 bridgehead atoms. The van der Waals surface area contributed by atoms with Gasteiger partial charge in [-0.15, -0.1) is 11.6 Å². The summed E-state index contributed by atoms with van der Waals surface area (Å²) in [6.07, 6.45) is 5.56. The highest BCUT2D eigenvalue weighted by Crippen LogP contribution is 2.21. The van der Waals surface area contributed by atoms with E-state index in [1.54, 1.807) is 10.7 Å². The van der Waals surface area contributed by atoms with Crippen LogP contribution < -0.4 is 5.32 Å². The fraction of sp³-hybridized carbons (Fsp3) is 0.500. The Morgan fingerprint density at radius 3 is 3.00 bits per heavy atom. The smallest absolute Gasteiger partial charge is 0.157 e. The first kappa shape index (κ1) is 12.2. The van der Waals surface area contributed by atoms with E-state index in [1.807, 2.05) is 18.3 Å². The molecule has 2 rings (SSSR count). The summed E-state index contributed by atoms with van der Waals surface area (Å²) in [6, 6.07) is 3.82. The van der Waals surface area contributed by atoms with Crippen molar-refractivity contribution in [3.8, 4) is 0 Å². The van der Waals surface area contributed by atoms with Gasteiger partial charge in [-0.3, -0.25) is 0 Å². The third kappa shape index (κ3) is 2.69. The van der Waals surface area contributed by atoms with Crippen molar-refractivity contribution in [1.82, 2.24) is 14.6 Å². The van der Waals surface area contributed by atoms with Crippen molar-refractivity contribution in [3.63, 3.8) is 0 Å². The van der Waals surface area contributed by atoms with Gasteiger partial charge in [0.2, 0.25) is 0 Å². The predicted octanol–water partition coefficient (Wildman–Crippen LogP) is 2.94. The average molecular weight is 253 g/mol. The third-order valence-electron chi connectivity index (χ3n) is 3.11. The van der Waals surface area contributed by atoms with Crippen molar-refractivity contribution in [2.45, 2.75) is 32.2 Å². The van der Waals surface area contributed by atoms with Crippen molar-refractivity contribution >= 4 is 23.1 Å². The van der Waals surface area contributed by atoms with Crippen LogP contribution >= 0.6 is 11.6 Å². The lowest BCUT2D eigenvalue weighted by Crippen LogP contribution is -2.34. The maximum Gasteiger partial charge on any atom is 0.157 e. The van der Waals surface area contributed by atoms with Crippen molar-refractivity contribution in [1.29, 1.82) is 0 Å². The Balaban J connectivity index is 2.21. The van der Waals surface area contributed by atoms with E-state index in [-0.39, 0.29) is 5.54 Å². The number of anilines is 1. The molecule has 0 fully saturated rings. The minimum Gasteiger partial charge on any atom is -0.365 e. The van der Waals surface area contributed by atoms with Crippen LogP contribution in [0.25, 0.3) is 5.65 Å². The number of rotatable bonds is 5. The fourth-order valence-electron chi connectivity index (χ4n) is 1.73. The molecule has 0 aliphatic carbocycles. The van der Waals surface area contributed by atoms with Gasteiger partial charge in [-0.25, -0.2) is 9.50 Å². The second-order valence-electron chi connectivity index (χ2n) is 4.42. The van der Waals surface area contributed by atoms with E-state index in [4.69, 9.17) is 11.6 Å². The Hall–Kier alpha value is -1.29. The molecule has 0 aliphatic heterocycles. The van der Waals surface area contributed by atoms with Gasteiger partial charge in [0, 0.05) is 23.7 Å². The number of nitrogens with one attached hydrogen (secondary N) is 1. The predicted molar refractivity (Wildman–Crippen MR) is 70.6 cm³/mol. The minimum atomic E-state index is -0.00683. The van der Waals surface area contributed by atoms with Gasteiger partial charge in [0.1, 0.15) is 5.82 Å².